The second-order valence-corrected chi connectivity index (χ2v) is 5.32. The van der Waals surface area contributed by atoms with Crippen LogP contribution in [0.25, 0.3) is 21.5 Å². The first-order chi connectivity index (χ1) is 8.40. The highest BCUT2D eigenvalue weighted by atomic mass is 127. The van der Waals surface area contributed by atoms with Crippen LogP contribution < -0.4 is 0 Å². The molecule has 1 heteroatoms. The Hall–Kier alpha value is -1.09. The maximum absolute atomic E-state index is 2.45. The number of benzene rings is 3. The Balaban J connectivity index is 2.45. The molecule has 0 fully saturated rings. The molecular weight excluding hydrogens is 319 g/mol. The maximum Gasteiger partial charge on any atom is 0.00360 e. The summed E-state index contributed by atoms with van der Waals surface area (Å²) in [6, 6.07) is 19.7. The smallest absolute Gasteiger partial charge is 0.00360 e. The first-order valence-corrected chi connectivity index (χ1v) is 7.38. The van der Waals surface area contributed by atoms with Crippen molar-refractivity contribution in [1.29, 1.82) is 0 Å². The number of halogens is 1. The predicted octanol–water partition coefficient (Wildman–Crippen LogP) is 4.97. The lowest BCUT2D eigenvalue weighted by Crippen LogP contribution is -1.89. The van der Waals surface area contributed by atoms with E-state index in [0.29, 0.717) is 0 Å². The second-order valence-electron chi connectivity index (χ2n) is 4.24. The molecule has 3 aromatic carbocycles. The molecule has 84 valence electrons. The monoisotopic (exact) mass is 332 g/mol. The number of aryl methyl sites for hydroxylation is 1. The molecule has 0 bridgehead atoms. The standard InChI is InChI=1S/C16H13I/c17-10-9-13-11-12-5-1-2-6-14(12)16-8-4-3-7-15(13)16/h1-8,11H,9-10H2. The Morgan fingerprint density at radius 2 is 1.41 bits per heavy atom. The fourth-order valence-electron chi connectivity index (χ4n) is 2.44. The largest absolute Gasteiger partial charge is 0.0860 e. The van der Waals surface area contributed by atoms with Crippen molar-refractivity contribution in [2.24, 2.45) is 0 Å². The van der Waals surface area contributed by atoms with Gasteiger partial charge in [-0.25, -0.2) is 0 Å². The van der Waals surface area contributed by atoms with E-state index in [1.165, 1.54) is 31.5 Å². The minimum absolute atomic E-state index is 1.14. The Kier molecular flexibility index (Phi) is 3.02. The lowest BCUT2D eigenvalue weighted by atomic mass is 9.96. The molecule has 0 heterocycles. The quantitative estimate of drug-likeness (QED) is 0.353. The SMILES string of the molecule is ICCc1cc2ccccc2c2ccccc12. The fraction of sp³-hybridized carbons (Fsp3) is 0.125. The van der Waals surface area contributed by atoms with Crippen molar-refractivity contribution in [3.63, 3.8) is 0 Å². The molecule has 0 saturated carbocycles. The number of hydrogen-bond donors (Lipinski definition) is 0. The molecular formula is C16H13I. The van der Waals surface area contributed by atoms with E-state index in [4.69, 9.17) is 0 Å². The Bertz CT molecular complexity index is 670. The molecule has 0 saturated heterocycles. The molecule has 0 unspecified atom stereocenters. The highest BCUT2D eigenvalue weighted by molar-refractivity contribution is 14.1. The van der Waals surface area contributed by atoms with Crippen LogP contribution in [0.5, 0.6) is 0 Å². The summed E-state index contributed by atoms with van der Waals surface area (Å²) < 4.78 is 1.17. The van der Waals surface area contributed by atoms with E-state index in [-0.39, 0.29) is 0 Å². The summed E-state index contributed by atoms with van der Waals surface area (Å²) in [5, 5.41) is 5.50. The molecule has 0 amide bonds. The van der Waals surface area contributed by atoms with Gasteiger partial charge in [0.2, 0.25) is 0 Å². The third-order valence-corrected chi connectivity index (χ3v) is 3.76. The first kappa shape index (κ1) is 11.0. The summed E-state index contributed by atoms with van der Waals surface area (Å²) in [6.45, 7) is 0. The third kappa shape index (κ3) is 1.93. The average Bonchev–Trinajstić information content (AvgIpc) is 2.39. The molecule has 0 aliphatic carbocycles. The summed E-state index contributed by atoms with van der Waals surface area (Å²) >= 11 is 2.45. The van der Waals surface area contributed by atoms with Crippen LogP contribution in [0.4, 0.5) is 0 Å². The van der Waals surface area contributed by atoms with Crippen molar-refractivity contribution in [1.82, 2.24) is 0 Å². The van der Waals surface area contributed by atoms with Gasteiger partial charge in [0, 0.05) is 4.43 Å². The zero-order chi connectivity index (χ0) is 11.7. The lowest BCUT2D eigenvalue weighted by Gasteiger charge is -2.09. The van der Waals surface area contributed by atoms with Crippen LogP contribution in [0.2, 0.25) is 0 Å². The minimum atomic E-state index is 1.14. The zero-order valence-electron chi connectivity index (χ0n) is 9.49. The van der Waals surface area contributed by atoms with Gasteiger partial charge in [-0.05, 0) is 33.5 Å². The fourth-order valence-corrected chi connectivity index (χ4v) is 3.02. The van der Waals surface area contributed by atoms with E-state index in [1.807, 2.05) is 0 Å². The van der Waals surface area contributed by atoms with Crippen molar-refractivity contribution < 1.29 is 0 Å². The molecule has 0 nitrogen and oxygen atoms in total. The highest BCUT2D eigenvalue weighted by Crippen LogP contribution is 2.29. The number of alkyl halides is 1. The van der Waals surface area contributed by atoms with Gasteiger partial charge in [0.25, 0.3) is 0 Å². The molecule has 0 aliphatic rings. The van der Waals surface area contributed by atoms with Crippen molar-refractivity contribution >= 4 is 44.1 Å². The Morgan fingerprint density at radius 3 is 2.18 bits per heavy atom. The molecule has 0 spiro atoms. The van der Waals surface area contributed by atoms with Crippen LogP contribution in [-0.4, -0.2) is 4.43 Å². The molecule has 0 atom stereocenters. The van der Waals surface area contributed by atoms with E-state index < -0.39 is 0 Å². The van der Waals surface area contributed by atoms with Gasteiger partial charge in [-0.1, -0.05) is 77.2 Å². The number of hydrogen-bond acceptors (Lipinski definition) is 0. The van der Waals surface area contributed by atoms with E-state index in [1.54, 1.807) is 0 Å². The summed E-state index contributed by atoms with van der Waals surface area (Å²) in [5.41, 5.74) is 1.47. The zero-order valence-corrected chi connectivity index (χ0v) is 11.6. The lowest BCUT2D eigenvalue weighted by molar-refractivity contribution is 1.21. The first-order valence-electron chi connectivity index (χ1n) is 5.85. The van der Waals surface area contributed by atoms with Gasteiger partial charge in [-0.2, -0.15) is 0 Å². The molecule has 3 aromatic rings. The van der Waals surface area contributed by atoms with Crippen LogP contribution >= 0.6 is 22.6 Å². The van der Waals surface area contributed by atoms with Crippen molar-refractivity contribution in [3.8, 4) is 0 Å². The molecule has 0 aliphatic heterocycles. The Labute approximate surface area is 115 Å². The summed E-state index contributed by atoms with van der Waals surface area (Å²) in [4.78, 5) is 0. The van der Waals surface area contributed by atoms with Crippen LogP contribution in [0.3, 0.4) is 0 Å². The van der Waals surface area contributed by atoms with Crippen molar-refractivity contribution in [3.05, 3.63) is 60.2 Å². The Morgan fingerprint density at radius 1 is 0.765 bits per heavy atom. The van der Waals surface area contributed by atoms with Crippen molar-refractivity contribution in [2.45, 2.75) is 6.42 Å². The number of rotatable bonds is 2. The molecule has 0 aromatic heterocycles. The van der Waals surface area contributed by atoms with E-state index >= 15 is 0 Å². The highest BCUT2D eigenvalue weighted by Gasteiger charge is 2.04. The van der Waals surface area contributed by atoms with Gasteiger partial charge in [-0.15, -0.1) is 0 Å². The van der Waals surface area contributed by atoms with Gasteiger partial charge in [0.1, 0.15) is 0 Å². The van der Waals surface area contributed by atoms with E-state index in [0.717, 1.165) is 6.42 Å². The summed E-state index contributed by atoms with van der Waals surface area (Å²) in [5.74, 6) is 0. The van der Waals surface area contributed by atoms with Crippen LogP contribution in [0, 0.1) is 0 Å². The maximum atomic E-state index is 2.45. The van der Waals surface area contributed by atoms with Gasteiger partial charge < -0.3 is 0 Å². The van der Waals surface area contributed by atoms with Gasteiger partial charge in [0.05, 0.1) is 0 Å². The van der Waals surface area contributed by atoms with Crippen molar-refractivity contribution in [2.75, 3.05) is 4.43 Å². The average molecular weight is 332 g/mol. The molecule has 0 N–H and O–H groups in total. The normalized spacial score (nSPS) is 11.1. The van der Waals surface area contributed by atoms with E-state index in [9.17, 15) is 0 Å². The predicted molar refractivity (Wildman–Crippen MR) is 84.0 cm³/mol. The van der Waals surface area contributed by atoms with Crippen LogP contribution in [0.15, 0.2) is 54.6 Å². The molecule has 17 heavy (non-hydrogen) atoms. The topological polar surface area (TPSA) is 0 Å². The third-order valence-electron chi connectivity index (χ3n) is 3.22. The van der Waals surface area contributed by atoms with Gasteiger partial charge in [0.15, 0.2) is 0 Å². The van der Waals surface area contributed by atoms with Gasteiger partial charge >= 0.3 is 0 Å². The van der Waals surface area contributed by atoms with E-state index in [2.05, 4.69) is 77.2 Å². The second kappa shape index (κ2) is 4.65. The molecule has 0 radical (unpaired) electrons. The number of fused-ring (bicyclic) bond motifs is 3. The molecule has 3 rings (SSSR count). The van der Waals surface area contributed by atoms with Gasteiger partial charge in [-0.3, -0.25) is 0 Å². The summed E-state index contributed by atoms with van der Waals surface area (Å²) in [6.07, 6.45) is 1.14. The summed E-state index contributed by atoms with van der Waals surface area (Å²) in [7, 11) is 0. The minimum Gasteiger partial charge on any atom is -0.0860 e. The van der Waals surface area contributed by atoms with Crippen LogP contribution in [0.1, 0.15) is 5.56 Å². The van der Waals surface area contributed by atoms with Crippen LogP contribution in [-0.2, 0) is 6.42 Å².